The van der Waals surface area contributed by atoms with Crippen LogP contribution in [0, 0.1) is 11.2 Å². The van der Waals surface area contributed by atoms with Crippen molar-refractivity contribution in [3.8, 4) is 11.2 Å². The van der Waals surface area contributed by atoms with E-state index < -0.39 is 5.97 Å². The molecule has 0 bridgehead atoms. The van der Waals surface area contributed by atoms with Gasteiger partial charge in [-0.25, -0.2) is 4.79 Å². The van der Waals surface area contributed by atoms with Gasteiger partial charge in [-0.3, -0.25) is 0 Å². The second-order valence-corrected chi connectivity index (χ2v) is 3.16. The minimum Gasteiger partial charge on any atom is -0.478 e. The number of benzene rings is 1. The van der Waals surface area contributed by atoms with Gasteiger partial charge in [-0.1, -0.05) is 5.92 Å². The summed E-state index contributed by atoms with van der Waals surface area (Å²) in [7, 11) is 0. The van der Waals surface area contributed by atoms with E-state index in [1.165, 1.54) is 11.8 Å². The van der Waals surface area contributed by atoms with Crippen LogP contribution in [0.15, 0.2) is 29.2 Å². The van der Waals surface area contributed by atoms with Crippen LogP contribution in [0.4, 0.5) is 0 Å². The summed E-state index contributed by atoms with van der Waals surface area (Å²) in [6, 6.07) is 6.64. The Kier molecular flexibility index (Phi) is 3.41. The number of rotatable bonds is 2. The fourth-order valence-corrected chi connectivity index (χ4v) is 1.27. The molecule has 0 unspecified atom stereocenters. The lowest BCUT2D eigenvalue weighted by atomic mass is 10.2. The topological polar surface area (TPSA) is 37.3 Å². The van der Waals surface area contributed by atoms with Gasteiger partial charge in [0.1, 0.15) is 0 Å². The molecule has 1 aromatic rings. The molecule has 0 amide bonds. The minimum atomic E-state index is -0.905. The van der Waals surface area contributed by atoms with E-state index in [4.69, 9.17) is 5.11 Å². The average molecular weight is 192 g/mol. The molecule has 3 heteroatoms. The maximum absolute atomic E-state index is 10.5. The van der Waals surface area contributed by atoms with E-state index in [1.54, 1.807) is 31.2 Å². The molecule has 0 radical (unpaired) electrons. The number of thioether (sulfide) groups is 1. The predicted octanol–water partition coefficient (Wildman–Crippen LogP) is 2.46. The second kappa shape index (κ2) is 4.58. The van der Waals surface area contributed by atoms with Crippen LogP contribution in [-0.4, -0.2) is 11.1 Å². The Balaban J connectivity index is 2.79. The Hall–Kier alpha value is -1.40. The quantitative estimate of drug-likeness (QED) is 0.577. The van der Waals surface area contributed by atoms with Crippen LogP contribution in [0.1, 0.15) is 17.3 Å². The Bertz CT molecular complexity index is 357. The zero-order chi connectivity index (χ0) is 9.68. The third-order valence-corrected chi connectivity index (χ3v) is 2.19. The molecule has 0 spiro atoms. The highest BCUT2D eigenvalue weighted by atomic mass is 32.2. The van der Waals surface area contributed by atoms with E-state index in [-0.39, 0.29) is 0 Å². The number of carbonyl (C=O) groups is 1. The molecule has 66 valence electrons. The van der Waals surface area contributed by atoms with Gasteiger partial charge in [0.25, 0.3) is 0 Å². The van der Waals surface area contributed by atoms with Crippen molar-refractivity contribution in [2.45, 2.75) is 11.8 Å². The number of aromatic carboxylic acids is 1. The zero-order valence-corrected chi connectivity index (χ0v) is 7.89. The van der Waals surface area contributed by atoms with Crippen LogP contribution in [0.5, 0.6) is 0 Å². The maximum atomic E-state index is 10.5. The Morgan fingerprint density at radius 1 is 1.38 bits per heavy atom. The highest BCUT2D eigenvalue weighted by Gasteiger charge is 2.00. The van der Waals surface area contributed by atoms with Gasteiger partial charge in [0.15, 0.2) is 0 Å². The van der Waals surface area contributed by atoms with E-state index in [0.29, 0.717) is 5.56 Å². The lowest BCUT2D eigenvalue weighted by Crippen LogP contribution is -1.94. The van der Waals surface area contributed by atoms with E-state index in [0.717, 1.165) is 4.90 Å². The molecule has 1 aromatic carbocycles. The van der Waals surface area contributed by atoms with Crippen molar-refractivity contribution >= 4 is 17.7 Å². The van der Waals surface area contributed by atoms with Gasteiger partial charge in [-0.15, -0.1) is 0 Å². The first-order chi connectivity index (χ1) is 6.24. The molecule has 0 aromatic heterocycles. The molecule has 1 rings (SSSR count). The van der Waals surface area contributed by atoms with Gasteiger partial charge in [0.05, 0.1) is 5.56 Å². The molecule has 13 heavy (non-hydrogen) atoms. The molecule has 0 heterocycles. The van der Waals surface area contributed by atoms with Crippen LogP contribution in [0.25, 0.3) is 0 Å². The molecular formula is C10H8O2S. The number of hydrogen-bond donors (Lipinski definition) is 1. The zero-order valence-electron chi connectivity index (χ0n) is 7.07. The van der Waals surface area contributed by atoms with Gasteiger partial charge in [0, 0.05) is 4.90 Å². The monoisotopic (exact) mass is 192 g/mol. The Morgan fingerprint density at radius 2 is 2.00 bits per heavy atom. The predicted molar refractivity (Wildman–Crippen MR) is 52.7 cm³/mol. The number of hydrogen-bond acceptors (Lipinski definition) is 2. The fraction of sp³-hybridized carbons (Fsp3) is 0.100. The number of carboxylic acid groups (broad SMARTS) is 1. The first-order valence-electron chi connectivity index (χ1n) is 3.66. The Morgan fingerprint density at radius 3 is 2.46 bits per heavy atom. The van der Waals surface area contributed by atoms with Crippen molar-refractivity contribution in [3.63, 3.8) is 0 Å². The highest BCUT2D eigenvalue weighted by Crippen LogP contribution is 2.16. The molecular weight excluding hydrogens is 184 g/mol. The second-order valence-electron chi connectivity index (χ2n) is 2.28. The lowest BCUT2D eigenvalue weighted by molar-refractivity contribution is 0.0697. The molecule has 0 saturated carbocycles. The van der Waals surface area contributed by atoms with Gasteiger partial charge < -0.3 is 5.11 Å². The Labute approximate surface area is 81.0 Å². The average Bonchev–Trinajstić information content (AvgIpc) is 2.15. The molecule has 0 atom stereocenters. The summed E-state index contributed by atoms with van der Waals surface area (Å²) in [5, 5.41) is 11.4. The summed E-state index contributed by atoms with van der Waals surface area (Å²) in [4.78, 5) is 11.4. The lowest BCUT2D eigenvalue weighted by Gasteiger charge is -1.95. The van der Waals surface area contributed by atoms with Crippen molar-refractivity contribution in [3.05, 3.63) is 29.8 Å². The smallest absolute Gasteiger partial charge is 0.335 e. The van der Waals surface area contributed by atoms with E-state index >= 15 is 0 Å². The highest BCUT2D eigenvalue weighted by molar-refractivity contribution is 8.03. The molecule has 0 aliphatic carbocycles. The number of carboxylic acids is 1. The minimum absolute atomic E-state index is 0.300. The van der Waals surface area contributed by atoms with Crippen LogP contribution in [0.2, 0.25) is 0 Å². The van der Waals surface area contributed by atoms with E-state index in [9.17, 15) is 4.79 Å². The van der Waals surface area contributed by atoms with Gasteiger partial charge in [-0.05, 0) is 48.2 Å². The first-order valence-corrected chi connectivity index (χ1v) is 4.47. The van der Waals surface area contributed by atoms with Crippen molar-refractivity contribution in [1.82, 2.24) is 0 Å². The molecule has 0 saturated heterocycles. The van der Waals surface area contributed by atoms with Gasteiger partial charge in [-0.2, -0.15) is 0 Å². The van der Waals surface area contributed by atoms with Crippen molar-refractivity contribution in [2.75, 3.05) is 0 Å². The standard InChI is InChI=1S/C10H8O2S/c1-2-7-13-9-5-3-8(4-6-9)10(11)12/h3-6H,1H3,(H,11,12). The molecule has 1 N–H and O–H groups in total. The summed E-state index contributed by atoms with van der Waals surface area (Å²) in [5.74, 6) is 1.85. The summed E-state index contributed by atoms with van der Waals surface area (Å²) >= 11 is 1.39. The summed E-state index contributed by atoms with van der Waals surface area (Å²) in [6.07, 6.45) is 0. The van der Waals surface area contributed by atoms with Gasteiger partial charge in [0.2, 0.25) is 0 Å². The van der Waals surface area contributed by atoms with Crippen molar-refractivity contribution < 1.29 is 9.90 Å². The summed E-state index contributed by atoms with van der Waals surface area (Å²) in [5.41, 5.74) is 0.300. The van der Waals surface area contributed by atoms with Crippen LogP contribution in [-0.2, 0) is 0 Å². The van der Waals surface area contributed by atoms with Crippen molar-refractivity contribution in [2.24, 2.45) is 0 Å². The molecule has 0 aliphatic heterocycles. The van der Waals surface area contributed by atoms with Crippen molar-refractivity contribution in [1.29, 1.82) is 0 Å². The third kappa shape index (κ3) is 2.85. The summed E-state index contributed by atoms with van der Waals surface area (Å²) < 4.78 is 0. The normalized spacial score (nSPS) is 8.69. The SMILES string of the molecule is CC#CSc1ccc(C(=O)O)cc1. The van der Waals surface area contributed by atoms with E-state index in [1.807, 2.05) is 0 Å². The molecule has 0 aliphatic rings. The van der Waals surface area contributed by atoms with Crippen LogP contribution >= 0.6 is 11.8 Å². The largest absolute Gasteiger partial charge is 0.478 e. The first kappa shape index (κ1) is 9.69. The summed E-state index contributed by atoms with van der Waals surface area (Å²) in [6.45, 7) is 1.76. The maximum Gasteiger partial charge on any atom is 0.335 e. The molecule has 0 fully saturated rings. The molecule has 2 nitrogen and oxygen atoms in total. The van der Waals surface area contributed by atoms with E-state index in [2.05, 4.69) is 11.2 Å². The fourth-order valence-electron chi connectivity index (χ4n) is 0.776. The van der Waals surface area contributed by atoms with Gasteiger partial charge >= 0.3 is 5.97 Å². The third-order valence-electron chi connectivity index (χ3n) is 1.37. The van der Waals surface area contributed by atoms with Crippen LogP contribution < -0.4 is 0 Å². The van der Waals surface area contributed by atoms with Crippen LogP contribution in [0.3, 0.4) is 0 Å².